The van der Waals surface area contributed by atoms with Crippen molar-refractivity contribution in [3.63, 3.8) is 0 Å². The molecule has 42 heavy (non-hydrogen) atoms. The first kappa shape index (κ1) is 30.1. The first-order chi connectivity index (χ1) is 20.0. The monoisotopic (exact) mass is 714 g/mol. The van der Waals surface area contributed by atoms with Gasteiger partial charge in [-0.25, -0.2) is 9.80 Å². The summed E-state index contributed by atoms with van der Waals surface area (Å²) in [6.45, 7) is 1.35. The first-order valence-electron chi connectivity index (χ1n) is 13.2. The molecule has 0 unspecified atom stereocenters. The summed E-state index contributed by atoms with van der Waals surface area (Å²) < 4.78 is 5.41. The molecule has 0 bridgehead atoms. The van der Waals surface area contributed by atoms with Crippen molar-refractivity contribution in [3.05, 3.63) is 100 Å². The quantitative estimate of drug-likeness (QED) is 0.0974. The number of nitrogens with zero attached hydrogens (tertiary/aromatic N) is 2. The maximum Gasteiger partial charge on any atom is 0.343 e. The van der Waals surface area contributed by atoms with Crippen LogP contribution < -0.4 is 4.74 Å². The van der Waals surface area contributed by atoms with E-state index in [0.29, 0.717) is 23.4 Å². The average molecular weight is 717 g/mol. The van der Waals surface area contributed by atoms with Crippen LogP contribution in [0.4, 0.5) is 0 Å². The van der Waals surface area contributed by atoms with Gasteiger partial charge in [-0.05, 0) is 80.4 Å². The second-order valence-electron chi connectivity index (χ2n) is 10.3. The maximum absolute atomic E-state index is 13.7. The van der Waals surface area contributed by atoms with Gasteiger partial charge >= 0.3 is 5.97 Å². The standard InChI is InChI=1S/C31H25Br2ClN2O6/c1-17-2-4-20(5-3-17)31(41)42-22-12-8-18(9-13-22)27(37)16-35(28(38)19-6-10-21(34)11-7-19)36-29(39)23-14-25(32)26(33)15-24(23)30(36)40/h2-13,23-26H,14-16H2,1H3/t23-,24-,25-,26+/m1/s1. The fraction of sp³-hybridized carbons (Fsp3) is 0.258. The second-order valence-corrected chi connectivity index (χ2v) is 13.1. The number of carbonyl (C=O) groups excluding carboxylic acids is 5. The Hall–Kier alpha value is -3.34. The molecule has 5 rings (SSSR count). The van der Waals surface area contributed by atoms with E-state index in [4.69, 9.17) is 16.3 Å². The highest BCUT2D eigenvalue weighted by Gasteiger charge is 2.54. The van der Waals surface area contributed by atoms with Crippen LogP contribution in [0.5, 0.6) is 5.75 Å². The largest absolute Gasteiger partial charge is 0.423 e. The van der Waals surface area contributed by atoms with Crippen molar-refractivity contribution in [2.45, 2.75) is 29.4 Å². The highest BCUT2D eigenvalue weighted by molar-refractivity contribution is 9.12. The number of hydrogen-bond donors (Lipinski definition) is 0. The van der Waals surface area contributed by atoms with Gasteiger partial charge < -0.3 is 4.74 Å². The molecule has 1 heterocycles. The molecule has 0 spiro atoms. The third-order valence-electron chi connectivity index (χ3n) is 7.42. The molecule has 1 aliphatic carbocycles. The Balaban J connectivity index is 1.37. The molecule has 3 aromatic carbocycles. The number of halogens is 3. The molecule has 2 aliphatic rings. The van der Waals surface area contributed by atoms with Gasteiger partial charge in [-0.2, -0.15) is 5.01 Å². The number of hydrogen-bond acceptors (Lipinski definition) is 6. The number of fused-ring (bicyclic) bond motifs is 1. The molecule has 3 aromatic rings. The van der Waals surface area contributed by atoms with Crippen molar-refractivity contribution in [1.29, 1.82) is 0 Å². The minimum Gasteiger partial charge on any atom is -0.423 e. The number of amides is 3. The molecule has 2 fully saturated rings. The fourth-order valence-corrected chi connectivity index (χ4v) is 6.45. The van der Waals surface area contributed by atoms with E-state index in [0.717, 1.165) is 15.6 Å². The summed E-state index contributed by atoms with van der Waals surface area (Å²) in [7, 11) is 0. The van der Waals surface area contributed by atoms with Crippen LogP contribution in [0, 0.1) is 18.8 Å². The lowest BCUT2D eigenvalue weighted by Gasteiger charge is -2.30. The topological polar surface area (TPSA) is 101 Å². The van der Waals surface area contributed by atoms with Crippen LogP contribution in [0.3, 0.4) is 0 Å². The van der Waals surface area contributed by atoms with Crippen molar-refractivity contribution < 1.29 is 28.7 Å². The number of carbonyl (C=O) groups is 5. The van der Waals surface area contributed by atoms with Crippen molar-refractivity contribution in [3.8, 4) is 5.75 Å². The zero-order chi connectivity index (χ0) is 30.1. The Morgan fingerprint density at radius 1 is 0.810 bits per heavy atom. The maximum atomic E-state index is 13.7. The summed E-state index contributed by atoms with van der Waals surface area (Å²) in [5, 5.41) is 2.17. The lowest BCUT2D eigenvalue weighted by molar-refractivity contribution is -0.154. The predicted molar refractivity (Wildman–Crippen MR) is 163 cm³/mol. The van der Waals surface area contributed by atoms with Crippen molar-refractivity contribution in [2.75, 3.05) is 6.54 Å². The number of aryl methyl sites for hydroxylation is 1. The Labute approximate surface area is 264 Å². The number of ketones is 1. The highest BCUT2D eigenvalue weighted by atomic mass is 79.9. The molecule has 8 nitrogen and oxygen atoms in total. The number of hydrazine groups is 1. The third-order valence-corrected chi connectivity index (χ3v) is 10.4. The predicted octanol–water partition coefficient (Wildman–Crippen LogP) is 6.03. The number of esters is 1. The van der Waals surface area contributed by atoms with Gasteiger partial charge in [0.05, 0.1) is 17.4 Å². The fourth-order valence-electron chi connectivity index (χ4n) is 5.08. The van der Waals surface area contributed by atoms with Crippen molar-refractivity contribution in [2.24, 2.45) is 11.8 Å². The summed E-state index contributed by atoms with van der Waals surface area (Å²) >= 11 is 13.1. The number of imide groups is 1. The molecular formula is C31H25Br2ClN2O6. The van der Waals surface area contributed by atoms with E-state index in [2.05, 4.69) is 31.9 Å². The van der Waals surface area contributed by atoms with E-state index >= 15 is 0 Å². The molecule has 0 radical (unpaired) electrons. The summed E-state index contributed by atoms with van der Waals surface area (Å²) in [5.74, 6) is -3.74. The molecule has 1 saturated carbocycles. The zero-order valence-corrected chi connectivity index (χ0v) is 26.3. The molecule has 11 heteroatoms. The lowest BCUT2D eigenvalue weighted by Crippen LogP contribution is -2.52. The van der Waals surface area contributed by atoms with Gasteiger partial charge in [0.2, 0.25) is 0 Å². The molecule has 3 amide bonds. The van der Waals surface area contributed by atoms with Crippen LogP contribution in [-0.4, -0.2) is 55.7 Å². The van der Waals surface area contributed by atoms with E-state index in [9.17, 15) is 24.0 Å². The summed E-state index contributed by atoms with van der Waals surface area (Å²) in [6.07, 6.45) is 0.836. The SMILES string of the molecule is Cc1ccc(C(=O)Oc2ccc(C(=O)CN(C(=O)c3ccc(Cl)cc3)N3C(=O)[C@@H]4C[C@@H](Br)[C@@H](Br)C[C@H]4C3=O)cc2)cc1. The Morgan fingerprint density at radius 2 is 1.31 bits per heavy atom. The lowest BCUT2D eigenvalue weighted by atomic mass is 9.81. The van der Waals surface area contributed by atoms with E-state index in [-0.39, 0.29) is 26.5 Å². The van der Waals surface area contributed by atoms with Gasteiger partial charge in [0, 0.05) is 25.8 Å². The van der Waals surface area contributed by atoms with Crippen LogP contribution in [0.2, 0.25) is 5.02 Å². The van der Waals surface area contributed by atoms with Gasteiger partial charge in [0.15, 0.2) is 5.78 Å². The summed E-state index contributed by atoms with van der Waals surface area (Å²) in [6, 6.07) is 18.8. The van der Waals surface area contributed by atoms with Crippen LogP contribution in [0.1, 0.15) is 49.5 Å². The number of rotatable bonds is 7. The molecule has 1 saturated heterocycles. The summed E-state index contributed by atoms with van der Waals surface area (Å²) in [5.41, 5.74) is 1.76. The number of alkyl halides is 2. The number of Topliss-reactive ketones (excluding diaryl/α,β-unsaturated/α-hetero) is 1. The van der Waals surface area contributed by atoms with E-state index in [1.807, 2.05) is 6.92 Å². The van der Waals surface area contributed by atoms with Crippen LogP contribution in [0.25, 0.3) is 0 Å². The smallest absolute Gasteiger partial charge is 0.343 e. The van der Waals surface area contributed by atoms with Gasteiger partial charge in [-0.3, -0.25) is 19.2 Å². The van der Waals surface area contributed by atoms with Gasteiger partial charge in [0.25, 0.3) is 17.7 Å². The molecule has 4 atom stereocenters. The van der Waals surface area contributed by atoms with Crippen molar-refractivity contribution >= 4 is 72.9 Å². The van der Waals surface area contributed by atoms with Gasteiger partial charge in [-0.1, -0.05) is 61.2 Å². The van der Waals surface area contributed by atoms with E-state index < -0.39 is 47.9 Å². The summed E-state index contributed by atoms with van der Waals surface area (Å²) in [4.78, 5) is 66.6. The Kier molecular flexibility index (Phi) is 8.96. The molecule has 0 aromatic heterocycles. The van der Waals surface area contributed by atoms with E-state index in [1.54, 1.807) is 24.3 Å². The van der Waals surface area contributed by atoms with Crippen molar-refractivity contribution in [1.82, 2.24) is 10.0 Å². The molecule has 0 N–H and O–H groups in total. The van der Waals surface area contributed by atoms with Gasteiger partial charge in [0.1, 0.15) is 12.3 Å². The molecule has 216 valence electrons. The Bertz CT molecular complexity index is 1520. The highest BCUT2D eigenvalue weighted by Crippen LogP contribution is 2.43. The van der Waals surface area contributed by atoms with Crippen LogP contribution in [0.15, 0.2) is 72.8 Å². The number of benzene rings is 3. The zero-order valence-electron chi connectivity index (χ0n) is 22.3. The minimum absolute atomic E-state index is 0.0175. The van der Waals surface area contributed by atoms with Gasteiger partial charge in [-0.15, -0.1) is 0 Å². The minimum atomic E-state index is -0.685. The Morgan fingerprint density at radius 3 is 1.86 bits per heavy atom. The first-order valence-corrected chi connectivity index (χ1v) is 15.4. The third kappa shape index (κ3) is 6.21. The normalized spacial score (nSPS) is 21.6. The average Bonchev–Trinajstić information content (AvgIpc) is 3.20. The van der Waals surface area contributed by atoms with E-state index in [1.165, 1.54) is 48.5 Å². The molecule has 1 aliphatic heterocycles. The number of ether oxygens (including phenoxy) is 1. The van der Waals surface area contributed by atoms with Crippen LogP contribution >= 0.6 is 43.5 Å². The molecular weight excluding hydrogens is 692 g/mol. The van der Waals surface area contributed by atoms with Crippen LogP contribution in [-0.2, 0) is 9.59 Å². The second kappa shape index (κ2) is 12.5.